The van der Waals surface area contributed by atoms with Crippen LogP contribution < -0.4 is 10.9 Å². The third kappa shape index (κ3) is 3.05. The molecule has 2 aromatic carbocycles. The molecule has 0 atom stereocenters. The lowest BCUT2D eigenvalue weighted by Gasteiger charge is -2.17. The summed E-state index contributed by atoms with van der Waals surface area (Å²) in [6.07, 6.45) is 3.60. The Labute approximate surface area is 145 Å². The Balaban J connectivity index is 1.45. The van der Waals surface area contributed by atoms with Crippen molar-refractivity contribution in [2.45, 2.75) is 24.8 Å². The standard InChI is InChI=1S/C20H19N3O2/c24-18(21-13-20(10-11-20)15-6-2-1-3-7-15)12-23-14-22-17-9-5-4-8-16(17)19(23)25/h1-9,14H,10-13H2,(H,21,24). The maximum Gasteiger partial charge on any atom is 0.261 e. The second kappa shape index (κ2) is 6.16. The Morgan fingerprint density at radius 3 is 2.56 bits per heavy atom. The lowest BCUT2D eigenvalue weighted by molar-refractivity contribution is -0.121. The first-order chi connectivity index (χ1) is 12.2. The number of para-hydroxylation sites is 1. The number of carbonyl (C=O) groups is 1. The number of hydrogen-bond donors (Lipinski definition) is 1. The number of carbonyl (C=O) groups excluding carboxylic acids is 1. The number of amides is 1. The van der Waals surface area contributed by atoms with E-state index in [4.69, 9.17) is 0 Å². The first-order valence-corrected chi connectivity index (χ1v) is 8.44. The topological polar surface area (TPSA) is 64.0 Å². The monoisotopic (exact) mass is 333 g/mol. The van der Waals surface area contributed by atoms with E-state index >= 15 is 0 Å². The van der Waals surface area contributed by atoms with E-state index in [0.717, 1.165) is 12.8 Å². The van der Waals surface area contributed by atoms with Crippen molar-refractivity contribution in [3.8, 4) is 0 Å². The summed E-state index contributed by atoms with van der Waals surface area (Å²) in [7, 11) is 0. The molecule has 1 amide bonds. The predicted octanol–water partition coefficient (Wildman–Crippen LogP) is 2.24. The van der Waals surface area contributed by atoms with Gasteiger partial charge in [0.05, 0.1) is 17.2 Å². The number of aromatic nitrogens is 2. The summed E-state index contributed by atoms with van der Waals surface area (Å²) in [6.45, 7) is 0.590. The molecule has 0 bridgehead atoms. The van der Waals surface area contributed by atoms with E-state index in [1.807, 2.05) is 24.3 Å². The molecule has 5 heteroatoms. The molecule has 0 spiro atoms. The summed E-state index contributed by atoms with van der Waals surface area (Å²) in [5.74, 6) is -0.165. The first-order valence-electron chi connectivity index (χ1n) is 8.44. The lowest BCUT2D eigenvalue weighted by Crippen LogP contribution is -2.36. The summed E-state index contributed by atoms with van der Waals surface area (Å²) in [6, 6.07) is 17.4. The fourth-order valence-electron chi connectivity index (χ4n) is 3.21. The summed E-state index contributed by atoms with van der Waals surface area (Å²) in [4.78, 5) is 29.0. The van der Waals surface area contributed by atoms with Crippen LogP contribution in [0.2, 0.25) is 0 Å². The largest absolute Gasteiger partial charge is 0.354 e. The maximum absolute atomic E-state index is 12.4. The number of hydrogen-bond acceptors (Lipinski definition) is 3. The second-order valence-electron chi connectivity index (χ2n) is 6.62. The van der Waals surface area contributed by atoms with Crippen molar-refractivity contribution in [3.63, 3.8) is 0 Å². The normalized spacial score (nSPS) is 15.0. The van der Waals surface area contributed by atoms with E-state index in [1.165, 1.54) is 16.5 Å². The van der Waals surface area contributed by atoms with Crippen LogP contribution in [0, 0.1) is 0 Å². The van der Waals surface area contributed by atoms with Gasteiger partial charge in [-0.05, 0) is 30.5 Å². The van der Waals surface area contributed by atoms with Gasteiger partial charge < -0.3 is 5.32 Å². The molecule has 1 saturated carbocycles. The molecule has 0 radical (unpaired) electrons. The van der Waals surface area contributed by atoms with E-state index in [0.29, 0.717) is 17.4 Å². The SMILES string of the molecule is O=C(Cn1cnc2ccccc2c1=O)NCC1(c2ccccc2)CC1. The molecule has 0 unspecified atom stereocenters. The van der Waals surface area contributed by atoms with Crippen LogP contribution in [0.15, 0.2) is 65.7 Å². The predicted molar refractivity (Wildman–Crippen MR) is 96.4 cm³/mol. The highest BCUT2D eigenvalue weighted by Gasteiger charge is 2.44. The Kier molecular flexibility index (Phi) is 3.84. The maximum atomic E-state index is 12.4. The summed E-state index contributed by atoms with van der Waals surface area (Å²) >= 11 is 0. The minimum absolute atomic E-state index is 0.0124. The van der Waals surface area contributed by atoms with Crippen molar-refractivity contribution in [2.75, 3.05) is 6.54 Å². The summed E-state index contributed by atoms with van der Waals surface area (Å²) in [5, 5.41) is 3.51. The molecule has 25 heavy (non-hydrogen) atoms. The van der Waals surface area contributed by atoms with Gasteiger partial charge in [-0.25, -0.2) is 4.98 Å². The van der Waals surface area contributed by atoms with Crippen molar-refractivity contribution in [1.82, 2.24) is 14.9 Å². The zero-order valence-corrected chi connectivity index (χ0v) is 13.8. The molecule has 1 aromatic heterocycles. The molecule has 1 heterocycles. The van der Waals surface area contributed by atoms with E-state index in [9.17, 15) is 9.59 Å². The highest BCUT2D eigenvalue weighted by Crippen LogP contribution is 2.47. The molecule has 1 N–H and O–H groups in total. The first kappa shape index (κ1) is 15.6. The van der Waals surface area contributed by atoms with Crippen LogP contribution in [-0.2, 0) is 16.8 Å². The molecule has 1 aliphatic rings. The van der Waals surface area contributed by atoms with Crippen LogP contribution >= 0.6 is 0 Å². The summed E-state index contributed by atoms with van der Waals surface area (Å²) in [5.41, 5.74) is 1.78. The van der Waals surface area contributed by atoms with Crippen molar-refractivity contribution in [1.29, 1.82) is 0 Å². The molecule has 4 rings (SSSR count). The van der Waals surface area contributed by atoms with Crippen molar-refractivity contribution >= 4 is 16.8 Å². The van der Waals surface area contributed by atoms with Crippen LogP contribution in [0.25, 0.3) is 10.9 Å². The Morgan fingerprint density at radius 2 is 1.80 bits per heavy atom. The van der Waals surface area contributed by atoms with Crippen LogP contribution in [0.3, 0.4) is 0 Å². The Morgan fingerprint density at radius 1 is 1.08 bits per heavy atom. The van der Waals surface area contributed by atoms with Gasteiger partial charge in [-0.15, -0.1) is 0 Å². The highest BCUT2D eigenvalue weighted by atomic mass is 16.2. The Bertz CT molecular complexity index is 975. The van der Waals surface area contributed by atoms with Crippen LogP contribution in [-0.4, -0.2) is 22.0 Å². The van der Waals surface area contributed by atoms with Crippen molar-refractivity contribution in [2.24, 2.45) is 0 Å². The molecule has 5 nitrogen and oxygen atoms in total. The zero-order valence-electron chi connectivity index (χ0n) is 13.8. The second-order valence-corrected chi connectivity index (χ2v) is 6.62. The third-order valence-electron chi connectivity index (χ3n) is 4.91. The van der Waals surface area contributed by atoms with E-state index in [2.05, 4.69) is 22.4 Å². The molecular weight excluding hydrogens is 314 g/mol. The van der Waals surface area contributed by atoms with Gasteiger partial charge in [-0.1, -0.05) is 42.5 Å². The number of rotatable bonds is 5. The zero-order chi connectivity index (χ0) is 17.3. The number of fused-ring (bicyclic) bond motifs is 1. The van der Waals surface area contributed by atoms with Gasteiger partial charge in [-0.2, -0.15) is 0 Å². The highest BCUT2D eigenvalue weighted by molar-refractivity contribution is 5.79. The Hall–Kier alpha value is -2.95. The molecule has 1 fully saturated rings. The minimum atomic E-state index is -0.190. The number of nitrogens with one attached hydrogen (secondary N) is 1. The quantitative estimate of drug-likeness (QED) is 0.779. The van der Waals surface area contributed by atoms with E-state index in [-0.39, 0.29) is 23.4 Å². The van der Waals surface area contributed by atoms with Crippen molar-refractivity contribution in [3.05, 3.63) is 76.8 Å². The fourth-order valence-corrected chi connectivity index (χ4v) is 3.21. The van der Waals surface area contributed by atoms with Gasteiger partial charge in [0.25, 0.3) is 5.56 Å². The fraction of sp³-hybridized carbons (Fsp3) is 0.250. The minimum Gasteiger partial charge on any atom is -0.354 e. The van der Waals surface area contributed by atoms with Gasteiger partial charge >= 0.3 is 0 Å². The number of nitrogens with zero attached hydrogens (tertiary/aromatic N) is 2. The smallest absolute Gasteiger partial charge is 0.261 e. The van der Waals surface area contributed by atoms with E-state index < -0.39 is 0 Å². The van der Waals surface area contributed by atoms with Crippen LogP contribution in [0.1, 0.15) is 18.4 Å². The van der Waals surface area contributed by atoms with Crippen molar-refractivity contribution < 1.29 is 4.79 Å². The van der Waals surface area contributed by atoms with Gasteiger partial charge in [-0.3, -0.25) is 14.2 Å². The lowest BCUT2D eigenvalue weighted by atomic mass is 9.96. The third-order valence-corrected chi connectivity index (χ3v) is 4.91. The van der Waals surface area contributed by atoms with E-state index in [1.54, 1.807) is 18.2 Å². The van der Waals surface area contributed by atoms with Gasteiger partial charge in [0.1, 0.15) is 6.54 Å². The van der Waals surface area contributed by atoms with Gasteiger partial charge in [0.15, 0.2) is 0 Å². The molecule has 126 valence electrons. The molecule has 0 aliphatic heterocycles. The summed E-state index contributed by atoms with van der Waals surface area (Å²) < 4.78 is 1.36. The molecule has 1 aliphatic carbocycles. The molecule has 3 aromatic rings. The molecular formula is C20H19N3O2. The van der Waals surface area contributed by atoms with Gasteiger partial charge in [0, 0.05) is 12.0 Å². The number of benzene rings is 2. The average Bonchev–Trinajstić information content (AvgIpc) is 3.45. The van der Waals surface area contributed by atoms with Crippen LogP contribution in [0.4, 0.5) is 0 Å². The average molecular weight is 333 g/mol. The van der Waals surface area contributed by atoms with Crippen LogP contribution in [0.5, 0.6) is 0 Å². The molecule has 0 saturated heterocycles. The van der Waals surface area contributed by atoms with Gasteiger partial charge in [0.2, 0.25) is 5.91 Å².